The van der Waals surface area contributed by atoms with Crippen molar-refractivity contribution >= 4 is 39.7 Å². The molecule has 0 atom stereocenters. The second kappa shape index (κ2) is 11.6. The van der Waals surface area contributed by atoms with Crippen molar-refractivity contribution in [1.29, 1.82) is 0 Å². The van der Waals surface area contributed by atoms with Crippen LogP contribution in [0, 0.1) is 0 Å². The van der Waals surface area contributed by atoms with E-state index >= 15 is 0 Å². The largest absolute Gasteiger partial charge is 0.433 e. The van der Waals surface area contributed by atoms with Crippen LogP contribution in [0.1, 0.15) is 0 Å². The first-order valence-electron chi connectivity index (χ1n) is 11.7. The minimum Gasteiger partial charge on any atom is -0.433 e. The van der Waals surface area contributed by atoms with Gasteiger partial charge < -0.3 is 25.6 Å². The average molecular weight is 523 g/mol. The highest BCUT2D eigenvalue weighted by Gasteiger charge is 2.17. The summed E-state index contributed by atoms with van der Waals surface area (Å²) in [6.07, 6.45) is 4.26. The highest BCUT2D eigenvalue weighted by molar-refractivity contribution is 6.02. The van der Waals surface area contributed by atoms with E-state index in [1.165, 1.54) is 18.5 Å². The van der Waals surface area contributed by atoms with Gasteiger partial charge in [-0.3, -0.25) is 9.48 Å². The van der Waals surface area contributed by atoms with Gasteiger partial charge in [-0.25, -0.2) is 9.97 Å². The second-order valence-corrected chi connectivity index (χ2v) is 8.65. The maximum atomic E-state index is 13.3. The smallest absolute Gasteiger partial charge is 0.387 e. The van der Waals surface area contributed by atoms with E-state index in [-0.39, 0.29) is 11.4 Å². The lowest BCUT2D eigenvalue weighted by Crippen LogP contribution is -2.21. The third-order valence-electron chi connectivity index (χ3n) is 5.63. The summed E-state index contributed by atoms with van der Waals surface area (Å²) in [6, 6.07) is 10.4. The molecule has 0 saturated heterocycles. The summed E-state index contributed by atoms with van der Waals surface area (Å²) in [5.41, 5.74) is 3.37. The minimum atomic E-state index is -3.06. The van der Waals surface area contributed by atoms with Crippen LogP contribution in [0.5, 0.6) is 5.75 Å². The quantitative estimate of drug-likeness (QED) is 0.248. The molecule has 12 heteroatoms. The number of benzene rings is 2. The van der Waals surface area contributed by atoms with Crippen LogP contribution in [-0.2, 0) is 11.8 Å². The molecule has 0 unspecified atom stereocenters. The molecule has 0 fully saturated rings. The molecule has 198 valence electrons. The van der Waals surface area contributed by atoms with Gasteiger partial charge in [0, 0.05) is 43.2 Å². The van der Waals surface area contributed by atoms with Crippen molar-refractivity contribution in [2.24, 2.45) is 7.05 Å². The summed E-state index contributed by atoms with van der Waals surface area (Å²) in [5, 5.41) is 14.1. The predicted octanol–water partition coefficient (Wildman–Crippen LogP) is 4.47. The van der Waals surface area contributed by atoms with Gasteiger partial charge in [-0.2, -0.15) is 13.9 Å². The van der Waals surface area contributed by atoms with Gasteiger partial charge >= 0.3 is 6.61 Å². The van der Waals surface area contributed by atoms with Crippen LogP contribution < -0.4 is 20.7 Å². The van der Waals surface area contributed by atoms with Crippen molar-refractivity contribution in [3.63, 3.8) is 0 Å². The maximum Gasteiger partial charge on any atom is 0.387 e. The molecular formula is C26H28F2N8O2. The number of nitrogens with one attached hydrogen (secondary N) is 3. The van der Waals surface area contributed by atoms with Crippen molar-refractivity contribution in [2.75, 3.05) is 43.1 Å². The molecule has 0 aliphatic carbocycles. The zero-order valence-corrected chi connectivity index (χ0v) is 21.2. The number of ether oxygens (including phenoxy) is 1. The fraction of sp³-hybridized carbons (Fsp3) is 0.231. The van der Waals surface area contributed by atoms with Gasteiger partial charge in [0.1, 0.15) is 12.1 Å². The number of rotatable bonds is 11. The van der Waals surface area contributed by atoms with Crippen LogP contribution in [0.25, 0.3) is 22.2 Å². The van der Waals surface area contributed by atoms with Crippen LogP contribution in [0.4, 0.5) is 31.7 Å². The molecule has 0 aliphatic heterocycles. The number of alkyl halides is 2. The Balaban J connectivity index is 1.68. The highest BCUT2D eigenvalue weighted by atomic mass is 19.3. The average Bonchev–Trinajstić information content (AvgIpc) is 3.25. The number of amides is 1. The van der Waals surface area contributed by atoms with E-state index in [4.69, 9.17) is 4.74 Å². The first-order valence-corrected chi connectivity index (χ1v) is 11.7. The fourth-order valence-electron chi connectivity index (χ4n) is 3.76. The number of halogens is 2. The molecule has 2 aromatic heterocycles. The topological polar surface area (TPSA) is 109 Å². The lowest BCUT2D eigenvalue weighted by Gasteiger charge is -2.19. The third-order valence-corrected chi connectivity index (χ3v) is 5.63. The molecule has 0 spiro atoms. The second-order valence-electron chi connectivity index (χ2n) is 8.65. The number of hydrogen-bond donors (Lipinski definition) is 3. The monoisotopic (exact) mass is 522 g/mol. The number of hydrogen-bond acceptors (Lipinski definition) is 8. The lowest BCUT2D eigenvalue weighted by atomic mass is 10.1. The Morgan fingerprint density at radius 2 is 1.97 bits per heavy atom. The summed E-state index contributed by atoms with van der Waals surface area (Å²) >= 11 is 0. The van der Waals surface area contributed by atoms with Crippen LogP contribution >= 0.6 is 0 Å². The molecule has 4 aromatic rings. The number of aromatic nitrogens is 4. The zero-order chi connectivity index (χ0) is 27.2. The molecule has 3 N–H and O–H groups in total. The minimum absolute atomic E-state index is 0.124. The summed E-state index contributed by atoms with van der Waals surface area (Å²) < 4.78 is 33.2. The van der Waals surface area contributed by atoms with Gasteiger partial charge in [-0.1, -0.05) is 12.6 Å². The first kappa shape index (κ1) is 26.5. The lowest BCUT2D eigenvalue weighted by molar-refractivity contribution is -0.111. The van der Waals surface area contributed by atoms with Crippen LogP contribution in [0.3, 0.4) is 0 Å². The number of carbonyl (C=O) groups is 1. The molecule has 0 bridgehead atoms. The molecule has 10 nitrogen and oxygen atoms in total. The number of nitrogens with zero attached hydrogens (tertiary/aromatic N) is 5. The Hall–Kier alpha value is -4.58. The summed E-state index contributed by atoms with van der Waals surface area (Å²) in [5.74, 6) is -0.236. The fourth-order valence-corrected chi connectivity index (χ4v) is 3.76. The Labute approximate surface area is 218 Å². The third kappa shape index (κ3) is 6.40. The molecule has 2 heterocycles. The van der Waals surface area contributed by atoms with E-state index in [2.05, 4.69) is 37.6 Å². The Morgan fingerprint density at radius 3 is 2.71 bits per heavy atom. The number of carbonyl (C=O) groups excluding carboxylic acids is 1. The summed E-state index contributed by atoms with van der Waals surface area (Å²) in [4.78, 5) is 22.6. The van der Waals surface area contributed by atoms with Gasteiger partial charge in [-0.15, -0.1) is 0 Å². The van der Waals surface area contributed by atoms with E-state index in [1.54, 1.807) is 16.9 Å². The molecule has 0 aliphatic rings. The van der Waals surface area contributed by atoms with Crippen molar-refractivity contribution < 1.29 is 18.3 Å². The van der Waals surface area contributed by atoms with E-state index in [1.807, 2.05) is 44.2 Å². The van der Waals surface area contributed by atoms with Crippen molar-refractivity contribution in [3.8, 4) is 17.0 Å². The van der Waals surface area contributed by atoms with Crippen LogP contribution in [0.15, 0.2) is 61.6 Å². The van der Waals surface area contributed by atoms with Gasteiger partial charge in [0.25, 0.3) is 0 Å². The van der Waals surface area contributed by atoms with Crippen LogP contribution in [-0.4, -0.2) is 64.4 Å². The Bertz CT molecular complexity index is 1450. The molecule has 38 heavy (non-hydrogen) atoms. The van der Waals surface area contributed by atoms with Gasteiger partial charge in [-0.05, 0) is 38.4 Å². The molecule has 2 aromatic carbocycles. The molecule has 1 amide bonds. The Kier molecular flexibility index (Phi) is 8.12. The van der Waals surface area contributed by atoms with E-state index < -0.39 is 12.5 Å². The maximum absolute atomic E-state index is 13.3. The van der Waals surface area contributed by atoms with Crippen molar-refractivity contribution in [3.05, 3.63) is 61.6 Å². The van der Waals surface area contributed by atoms with Gasteiger partial charge in [0.05, 0.1) is 34.5 Å². The normalized spacial score (nSPS) is 11.1. The standard InChI is InChI=1S/C26H28F2N8O2/c1-5-25(37)34-20-11-21(23(38-26(27)28)12-19(20)29-8-9-35(2)3)33-24-13-18(30-15-31-24)16-6-7-22-17(10-16)14-32-36(22)4/h5-7,10-15,26,29H,1,8-9H2,2-4H3,(H,34,37)(H,30,31,33). The molecule has 0 radical (unpaired) electrons. The van der Waals surface area contributed by atoms with E-state index in [0.29, 0.717) is 36.0 Å². The first-order chi connectivity index (χ1) is 18.2. The van der Waals surface area contributed by atoms with Crippen molar-refractivity contribution in [2.45, 2.75) is 6.61 Å². The van der Waals surface area contributed by atoms with Crippen molar-refractivity contribution in [1.82, 2.24) is 24.6 Å². The summed E-state index contributed by atoms with van der Waals surface area (Å²) in [7, 11) is 5.68. The summed E-state index contributed by atoms with van der Waals surface area (Å²) in [6.45, 7) is 1.59. The van der Waals surface area contributed by atoms with E-state index in [9.17, 15) is 13.6 Å². The van der Waals surface area contributed by atoms with E-state index in [0.717, 1.165) is 22.5 Å². The zero-order valence-electron chi connectivity index (χ0n) is 21.2. The van der Waals surface area contributed by atoms with Gasteiger partial charge in [0.15, 0.2) is 5.75 Å². The Morgan fingerprint density at radius 1 is 1.16 bits per heavy atom. The van der Waals surface area contributed by atoms with Crippen LogP contribution in [0.2, 0.25) is 0 Å². The number of anilines is 4. The number of fused-ring (bicyclic) bond motifs is 1. The number of likely N-dealkylation sites (N-methyl/N-ethyl adjacent to an activating group) is 1. The highest BCUT2D eigenvalue weighted by Crippen LogP contribution is 2.38. The predicted molar refractivity (Wildman–Crippen MR) is 144 cm³/mol. The molecule has 0 saturated carbocycles. The number of aryl methyl sites for hydroxylation is 1. The van der Waals surface area contributed by atoms with Gasteiger partial charge in [0.2, 0.25) is 5.91 Å². The molecular weight excluding hydrogens is 494 g/mol. The SMILES string of the molecule is C=CC(=O)Nc1cc(Nc2cc(-c3ccc4c(cnn4C)c3)ncn2)c(OC(F)F)cc1NCCN(C)C. The molecule has 4 rings (SSSR count).